The molecule has 8 heteroatoms. The van der Waals surface area contributed by atoms with Crippen LogP contribution >= 0.6 is 0 Å². The van der Waals surface area contributed by atoms with Gasteiger partial charge in [-0.15, -0.1) is 0 Å². The summed E-state index contributed by atoms with van der Waals surface area (Å²) in [6.45, 7) is 4.52. The van der Waals surface area contributed by atoms with Gasteiger partial charge in [0.1, 0.15) is 22.9 Å². The molecular weight excluding hydrogens is 424 g/mol. The van der Waals surface area contributed by atoms with E-state index in [1.54, 1.807) is 36.3 Å². The molecule has 2 aliphatic rings. The zero-order valence-corrected chi connectivity index (χ0v) is 19.1. The van der Waals surface area contributed by atoms with Crippen LogP contribution in [0.4, 0.5) is 0 Å². The second kappa shape index (κ2) is 9.68. The van der Waals surface area contributed by atoms with Crippen LogP contribution in [0, 0.1) is 0 Å². The summed E-state index contributed by atoms with van der Waals surface area (Å²) in [6, 6.07) is 8.80. The van der Waals surface area contributed by atoms with Crippen LogP contribution in [0.15, 0.2) is 41.0 Å². The number of ether oxygens (including phenoxy) is 2. The van der Waals surface area contributed by atoms with Crippen molar-refractivity contribution in [1.29, 1.82) is 0 Å². The van der Waals surface area contributed by atoms with Crippen molar-refractivity contribution in [2.24, 2.45) is 0 Å². The van der Waals surface area contributed by atoms with Crippen LogP contribution in [-0.4, -0.2) is 53.8 Å². The van der Waals surface area contributed by atoms with Gasteiger partial charge in [0, 0.05) is 51.4 Å². The number of fused-ring (bicyclic) bond motifs is 1. The van der Waals surface area contributed by atoms with E-state index in [0.717, 1.165) is 18.6 Å². The number of Topliss-reactive ketones (excluding diaryl/α,β-unsaturated/α-hetero) is 1. The first kappa shape index (κ1) is 22.9. The average molecular weight is 455 g/mol. The Hall–Kier alpha value is -3.29. The van der Waals surface area contributed by atoms with E-state index in [-0.39, 0.29) is 30.2 Å². The molecule has 0 bridgehead atoms. The maximum atomic E-state index is 12.7. The second-order valence-electron chi connectivity index (χ2n) is 8.92. The molecule has 8 nitrogen and oxygen atoms in total. The van der Waals surface area contributed by atoms with Crippen LogP contribution in [0.5, 0.6) is 11.5 Å². The van der Waals surface area contributed by atoms with Gasteiger partial charge in [0.15, 0.2) is 12.4 Å². The standard InChI is InChI=1S/C25H30N2O6/c1-17(5-6-19-4-3-13-31-19)26-24(30)16-32-20-7-8-21-22(29)15-25(33-23(21)14-20)9-11-27(12-10-25)18(2)28/h3-4,7-8,13-14,17H,5-6,9-12,15-16H2,1-2H3,(H,26,30)/t17-/m0/s1. The Morgan fingerprint density at radius 3 is 2.73 bits per heavy atom. The number of aryl methyl sites for hydroxylation is 1. The third-order valence-electron chi connectivity index (χ3n) is 6.36. The summed E-state index contributed by atoms with van der Waals surface area (Å²) >= 11 is 0. The maximum absolute atomic E-state index is 12.7. The maximum Gasteiger partial charge on any atom is 0.258 e. The fourth-order valence-electron chi connectivity index (χ4n) is 4.42. The Labute approximate surface area is 193 Å². The number of amides is 2. The van der Waals surface area contributed by atoms with E-state index >= 15 is 0 Å². The third kappa shape index (κ3) is 5.56. The normalized spacial score (nSPS) is 17.8. The number of carbonyl (C=O) groups excluding carboxylic acids is 3. The van der Waals surface area contributed by atoms with Crippen molar-refractivity contribution >= 4 is 17.6 Å². The monoisotopic (exact) mass is 454 g/mol. The van der Waals surface area contributed by atoms with Gasteiger partial charge in [-0.2, -0.15) is 0 Å². The van der Waals surface area contributed by atoms with Crippen molar-refractivity contribution in [3.8, 4) is 11.5 Å². The summed E-state index contributed by atoms with van der Waals surface area (Å²) < 4.78 is 17.3. The summed E-state index contributed by atoms with van der Waals surface area (Å²) in [7, 11) is 0. The van der Waals surface area contributed by atoms with Crippen LogP contribution in [-0.2, 0) is 16.0 Å². The van der Waals surface area contributed by atoms with Gasteiger partial charge >= 0.3 is 0 Å². The van der Waals surface area contributed by atoms with Crippen LogP contribution in [0.1, 0.15) is 55.6 Å². The van der Waals surface area contributed by atoms with E-state index < -0.39 is 5.60 Å². The van der Waals surface area contributed by atoms with Crippen molar-refractivity contribution in [2.45, 2.75) is 57.6 Å². The summed E-state index contributed by atoms with van der Waals surface area (Å²) in [5, 5.41) is 2.92. The zero-order chi connectivity index (χ0) is 23.4. The van der Waals surface area contributed by atoms with E-state index in [9.17, 15) is 14.4 Å². The largest absolute Gasteiger partial charge is 0.486 e. The number of piperidine rings is 1. The van der Waals surface area contributed by atoms with Crippen molar-refractivity contribution in [3.05, 3.63) is 47.9 Å². The van der Waals surface area contributed by atoms with E-state index in [1.807, 2.05) is 19.1 Å². The first-order valence-electron chi connectivity index (χ1n) is 11.4. The molecule has 1 N–H and O–H groups in total. The highest BCUT2D eigenvalue weighted by atomic mass is 16.5. The molecule has 4 rings (SSSR count). The highest BCUT2D eigenvalue weighted by molar-refractivity contribution is 6.00. The summed E-state index contributed by atoms with van der Waals surface area (Å²) in [5.41, 5.74) is -0.0619. The van der Waals surface area contributed by atoms with Gasteiger partial charge in [-0.1, -0.05) is 0 Å². The number of benzene rings is 1. The zero-order valence-electron chi connectivity index (χ0n) is 19.1. The van der Waals surface area contributed by atoms with Gasteiger partial charge < -0.3 is 24.1 Å². The first-order chi connectivity index (χ1) is 15.8. The second-order valence-corrected chi connectivity index (χ2v) is 8.92. The fraction of sp³-hybridized carbons (Fsp3) is 0.480. The van der Waals surface area contributed by atoms with Gasteiger partial charge in [-0.25, -0.2) is 0 Å². The van der Waals surface area contributed by atoms with Crippen molar-refractivity contribution in [1.82, 2.24) is 10.2 Å². The Balaban J connectivity index is 1.31. The van der Waals surface area contributed by atoms with Gasteiger partial charge in [0.2, 0.25) is 5.91 Å². The molecule has 1 saturated heterocycles. The minimum absolute atomic E-state index is 0.0172. The summed E-state index contributed by atoms with van der Waals surface area (Å²) in [4.78, 5) is 38.4. The van der Waals surface area contributed by atoms with Crippen LogP contribution in [0.3, 0.4) is 0 Å². The van der Waals surface area contributed by atoms with Crippen molar-refractivity contribution in [2.75, 3.05) is 19.7 Å². The molecular formula is C25H30N2O6. The molecule has 1 atom stereocenters. The summed E-state index contributed by atoms with van der Waals surface area (Å²) in [6.07, 6.45) is 4.68. The quantitative estimate of drug-likeness (QED) is 0.690. The predicted octanol–water partition coefficient (Wildman–Crippen LogP) is 3.14. The number of rotatable bonds is 7. The molecule has 1 fully saturated rings. The van der Waals surface area contributed by atoms with E-state index in [1.165, 1.54) is 0 Å². The van der Waals surface area contributed by atoms with E-state index in [0.29, 0.717) is 49.4 Å². The number of nitrogens with zero attached hydrogens (tertiary/aromatic N) is 1. The Bertz CT molecular complexity index is 1010. The molecule has 2 aromatic rings. The van der Waals surface area contributed by atoms with Gasteiger partial charge in [-0.3, -0.25) is 14.4 Å². The highest BCUT2D eigenvalue weighted by Gasteiger charge is 2.43. The number of furan rings is 1. The molecule has 0 aliphatic carbocycles. The lowest BCUT2D eigenvalue weighted by molar-refractivity contribution is -0.132. The Morgan fingerprint density at radius 1 is 1.24 bits per heavy atom. The summed E-state index contributed by atoms with van der Waals surface area (Å²) in [5.74, 6) is 1.69. The molecule has 176 valence electrons. The molecule has 1 aromatic heterocycles. The molecule has 33 heavy (non-hydrogen) atoms. The van der Waals surface area contributed by atoms with Gasteiger partial charge in [-0.05, 0) is 37.6 Å². The molecule has 0 unspecified atom stereocenters. The van der Waals surface area contributed by atoms with Crippen LogP contribution in [0.2, 0.25) is 0 Å². The number of ketones is 1. The minimum Gasteiger partial charge on any atom is -0.486 e. The molecule has 3 heterocycles. The minimum atomic E-state index is -0.588. The lowest BCUT2D eigenvalue weighted by Gasteiger charge is -2.43. The van der Waals surface area contributed by atoms with Gasteiger partial charge in [0.05, 0.1) is 18.2 Å². The molecule has 2 aliphatic heterocycles. The molecule has 1 aromatic carbocycles. The lowest BCUT2D eigenvalue weighted by Crippen LogP contribution is -2.51. The van der Waals surface area contributed by atoms with Crippen molar-refractivity contribution in [3.63, 3.8) is 0 Å². The predicted molar refractivity (Wildman–Crippen MR) is 120 cm³/mol. The number of hydrogen-bond donors (Lipinski definition) is 1. The number of nitrogens with one attached hydrogen (secondary N) is 1. The number of hydrogen-bond acceptors (Lipinski definition) is 6. The highest BCUT2D eigenvalue weighted by Crippen LogP contribution is 2.40. The van der Waals surface area contributed by atoms with E-state index in [4.69, 9.17) is 13.9 Å². The molecule has 2 amide bonds. The van der Waals surface area contributed by atoms with E-state index in [2.05, 4.69) is 5.32 Å². The molecule has 0 radical (unpaired) electrons. The Kier molecular flexibility index (Phi) is 6.72. The third-order valence-corrected chi connectivity index (χ3v) is 6.36. The smallest absolute Gasteiger partial charge is 0.258 e. The van der Waals surface area contributed by atoms with Crippen LogP contribution < -0.4 is 14.8 Å². The number of likely N-dealkylation sites (tertiary alicyclic amines) is 1. The topological polar surface area (TPSA) is 98.1 Å². The lowest BCUT2D eigenvalue weighted by atomic mass is 9.82. The molecule has 1 spiro atoms. The number of carbonyl (C=O) groups is 3. The fourth-order valence-corrected chi connectivity index (χ4v) is 4.42. The molecule has 0 saturated carbocycles. The van der Waals surface area contributed by atoms with Gasteiger partial charge in [0.25, 0.3) is 5.91 Å². The first-order valence-corrected chi connectivity index (χ1v) is 11.4. The van der Waals surface area contributed by atoms with Crippen molar-refractivity contribution < 1.29 is 28.3 Å². The average Bonchev–Trinajstić information content (AvgIpc) is 3.30. The van der Waals surface area contributed by atoms with Crippen LogP contribution in [0.25, 0.3) is 0 Å². The Morgan fingerprint density at radius 2 is 2.03 bits per heavy atom. The SMILES string of the molecule is CC(=O)N1CCC2(CC1)CC(=O)c1ccc(OCC(=O)N[C@@H](C)CCc3ccco3)cc1O2.